The minimum Gasteiger partial charge on any atom is -0.333 e. The third-order valence-corrected chi connectivity index (χ3v) is 4.13. The van der Waals surface area contributed by atoms with Gasteiger partial charge in [-0.05, 0) is 11.5 Å². The summed E-state index contributed by atoms with van der Waals surface area (Å²) >= 11 is 0. The van der Waals surface area contributed by atoms with Crippen molar-refractivity contribution in [3.05, 3.63) is 60.2 Å². The van der Waals surface area contributed by atoms with Crippen molar-refractivity contribution in [2.24, 2.45) is 0 Å². The highest BCUT2D eigenvalue weighted by atomic mass is 16.2. The fourth-order valence-corrected chi connectivity index (χ4v) is 2.82. The van der Waals surface area contributed by atoms with E-state index in [0.717, 1.165) is 10.8 Å². The van der Waals surface area contributed by atoms with Crippen LogP contribution in [0.1, 0.15) is 22.1 Å². The van der Waals surface area contributed by atoms with Gasteiger partial charge in [-0.2, -0.15) is 10.4 Å². The molecule has 2 aromatic heterocycles. The van der Waals surface area contributed by atoms with E-state index in [1.54, 1.807) is 22.0 Å². The number of likely N-dealkylation sites (tertiary alicyclic amines) is 1. The van der Waals surface area contributed by atoms with Gasteiger partial charge in [-0.3, -0.25) is 14.5 Å². The number of rotatable bonds is 2. The number of fused-ring (bicyclic) bond motifs is 1. The van der Waals surface area contributed by atoms with Crippen LogP contribution in [0.4, 0.5) is 0 Å². The van der Waals surface area contributed by atoms with Gasteiger partial charge in [0.05, 0.1) is 17.8 Å². The van der Waals surface area contributed by atoms with Crippen molar-refractivity contribution >= 4 is 16.7 Å². The Labute approximate surface area is 132 Å². The Morgan fingerprint density at radius 1 is 1.26 bits per heavy atom. The van der Waals surface area contributed by atoms with Crippen molar-refractivity contribution < 1.29 is 4.79 Å². The summed E-state index contributed by atoms with van der Waals surface area (Å²) in [6.07, 6.45) is 4.92. The zero-order valence-electron chi connectivity index (χ0n) is 12.3. The molecule has 0 N–H and O–H groups in total. The first-order valence-electron chi connectivity index (χ1n) is 7.33. The molecule has 0 spiro atoms. The molecule has 1 aromatic carbocycles. The third kappa shape index (κ3) is 2.23. The Balaban J connectivity index is 1.54. The molecule has 6 heteroatoms. The molecule has 0 atom stereocenters. The normalized spacial score (nSPS) is 14.5. The average Bonchev–Trinajstić information content (AvgIpc) is 3.01. The summed E-state index contributed by atoms with van der Waals surface area (Å²) in [5.41, 5.74) is 1.02. The second-order valence-electron chi connectivity index (χ2n) is 5.57. The van der Waals surface area contributed by atoms with Crippen LogP contribution in [0.2, 0.25) is 0 Å². The number of hydrogen-bond acceptors (Lipinski definition) is 4. The van der Waals surface area contributed by atoms with Crippen LogP contribution in [-0.2, 0) is 0 Å². The first kappa shape index (κ1) is 13.5. The summed E-state index contributed by atoms with van der Waals surface area (Å²) in [7, 11) is 0. The van der Waals surface area contributed by atoms with Gasteiger partial charge in [0.1, 0.15) is 11.8 Å². The van der Waals surface area contributed by atoms with Gasteiger partial charge in [0.25, 0.3) is 5.91 Å². The summed E-state index contributed by atoms with van der Waals surface area (Å²) in [5, 5.41) is 14.9. The van der Waals surface area contributed by atoms with Crippen molar-refractivity contribution in [2.75, 3.05) is 13.1 Å². The van der Waals surface area contributed by atoms with Crippen LogP contribution in [0, 0.1) is 11.3 Å². The molecular weight excluding hydrogens is 290 g/mol. The number of carbonyl (C=O) groups excluding carboxylic acids is 1. The largest absolute Gasteiger partial charge is 0.333 e. The lowest BCUT2D eigenvalue weighted by molar-refractivity contribution is 0.0498. The quantitative estimate of drug-likeness (QED) is 0.725. The average molecular weight is 303 g/mol. The first-order chi connectivity index (χ1) is 11.3. The molecule has 1 aliphatic rings. The Morgan fingerprint density at radius 2 is 2.09 bits per heavy atom. The van der Waals surface area contributed by atoms with E-state index < -0.39 is 0 Å². The molecule has 0 radical (unpaired) electrons. The number of nitriles is 1. The number of pyridine rings is 1. The Bertz CT molecular complexity index is 928. The molecule has 1 aliphatic heterocycles. The second kappa shape index (κ2) is 5.21. The Morgan fingerprint density at radius 3 is 2.87 bits per heavy atom. The van der Waals surface area contributed by atoms with Crippen LogP contribution in [-0.4, -0.2) is 38.7 Å². The summed E-state index contributed by atoms with van der Waals surface area (Å²) in [4.78, 5) is 18.7. The van der Waals surface area contributed by atoms with Gasteiger partial charge in [-0.15, -0.1) is 0 Å². The van der Waals surface area contributed by atoms with Gasteiger partial charge in [0.15, 0.2) is 0 Å². The van der Waals surface area contributed by atoms with Gasteiger partial charge in [-0.1, -0.05) is 24.3 Å². The fourth-order valence-electron chi connectivity index (χ4n) is 2.82. The Hall–Kier alpha value is -3.20. The van der Waals surface area contributed by atoms with Gasteiger partial charge in [-0.25, -0.2) is 0 Å². The molecule has 4 rings (SSSR count). The van der Waals surface area contributed by atoms with E-state index in [4.69, 9.17) is 5.26 Å². The van der Waals surface area contributed by atoms with Crippen LogP contribution in [0.5, 0.6) is 0 Å². The monoisotopic (exact) mass is 303 g/mol. The highest BCUT2D eigenvalue weighted by Crippen LogP contribution is 2.25. The smallest absolute Gasteiger partial charge is 0.273 e. The van der Waals surface area contributed by atoms with Crippen LogP contribution >= 0.6 is 0 Å². The highest BCUT2D eigenvalue weighted by molar-refractivity contribution is 6.05. The van der Waals surface area contributed by atoms with E-state index in [1.807, 2.05) is 30.3 Å². The number of amides is 1. The number of benzene rings is 1. The fraction of sp³-hybridized carbons (Fsp3) is 0.176. The van der Waals surface area contributed by atoms with E-state index in [9.17, 15) is 4.79 Å². The molecule has 3 heterocycles. The standard InChI is InChI=1S/C17H13N5O/c18-7-12-8-20-22(9-12)14-10-21(11-14)17(23)16-15-4-2-1-3-13(15)5-6-19-16/h1-6,8-9,14H,10-11H2. The summed E-state index contributed by atoms with van der Waals surface area (Å²) < 4.78 is 1.75. The van der Waals surface area contributed by atoms with E-state index in [2.05, 4.69) is 16.2 Å². The van der Waals surface area contributed by atoms with Gasteiger partial charge < -0.3 is 4.90 Å². The molecule has 3 aromatic rings. The zero-order valence-corrected chi connectivity index (χ0v) is 12.3. The molecule has 112 valence electrons. The zero-order chi connectivity index (χ0) is 15.8. The van der Waals surface area contributed by atoms with E-state index in [1.165, 1.54) is 6.20 Å². The number of carbonyl (C=O) groups is 1. The lowest BCUT2D eigenvalue weighted by atomic mass is 10.1. The molecule has 1 saturated heterocycles. The van der Waals surface area contributed by atoms with Crippen LogP contribution in [0.25, 0.3) is 10.8 Å². The van der Waals surface area contributed by atoms with Crippen LogP contribution < -0.4 is 0 Å². The van der Waals surface area contributed by atoms with Gasteiger partial charge >= 0.3 is 0 Å². The topological polar surface area (TPSA) is 74.8 Å². The lowest BCUT2D eigenvalue weighted by Crippen LogP contribution is -2.51. The van der Waals surface area contributed by atoms with Gasteiger partial charge in [0.2, 0.25) is 0 Å². The van der Waals surface area contributed by atoms with Crippen LogP contribution in [0.15, 0.2) is 48.9 Å². The SMILES string of the molecule is N#Cc1cnn(C2CN(C(=O)c3nccc4ccccc34)C2)c1. The molecule has 23 heavy (non-hydrogen) atoms. The summed E-state index contributed by atoms with van der Waals surface area (Å²) in [6, 6.07) is 11.8. The number of nitrogens with zero attached hydrogens (tertiary/aromatic N) is 5. The molecule has 0 bridgehead atoms. The molecular formula is C17H13N5O. The number of aromatic nitrogens is 3. The molecule has 1 fully saturated rings. The van der Waals surface area contributed by atoms with Crippen LogP contribution in [0.3, 0.4) is 0 Å². The lowest BCUT2D eigenvalue weighted by Gasteiger charge is -2.39. The maximum Gasteiger partial charge on any atom is 0.273 e. The Kier molecular flexibility index (Phi) is 3.05. The predicted molar refractivity (Wildman–Crippen MR) is 83.6 cm³/mol. The van der Waals surface area contributed by atoms with E-state index in [-0.39, 0.29) is 11.9 Å². The molecule has 0 unspecified atom stereocenters. The van der Waals surface area contributed by atoms with Crippen molar-refractivity contribution in [1.82, 2.24) is 19.7 Å². The summed E-state index contributed by atoms with van der Waals surface area (Å²) in [6.45, 7) is 1.16. The predicted octanol–water partition coefficient (Wildman–Crippen LogP) is 2.00. The van der Waals surface area contributed by atoms with Crippen molar-refractivity contribution in [1.29, 1.82) is 5.26 Å². The maximum absolute atomic E-state index is 12.7. The van der Waals surface area contributed by atoms with E-state index >= 15 is 0 Å². The van der Waals surface area contributed by atoms with Crippen molar-refractivity contribution in [3.63, 3.8) is 0 Å². The van der Waals surface area contributed by atoms with Crippen molar-refractivity contribution in [2.45, 2.75) is 6.04 Å². The minimum absolute atomic E-state index is 0.0642. The molecule has 0 aliphatic carbocycles. The highest BCUT2D eigenvalue weighted by Gasteiger charge is 2.34. The van der Waals surface area contributed by atoms with Crippen molar-refractivity contribution in [3.8, 4) is 6.07 Å². The summed E-state index contributed by atoms with van der Waals surface area (Å²) in [5.74, 6) is -0.0642. The second-order valence-corrected chi connectivity index (χ2v) is 5.57. The molecule has 1 amide bonds. The third-order valence-electron chi connectivity index (χ3n) is 4.13. The molecule has 6 nitrogen and oxygen atoms in total. The minimum atomic E-state index is -0.0642. The number of hydrogen-bond donors (Lipinski definition) is 0. The maximum atomic E-state index is 12.7. The van der Waals surface area contributed by atoms with Gasteiger partial charge in [0, 0.05) is 30.9 Å². The van der Waals surface area contributed by atoms with E-state index in [0.29, 0.717) is 24.3 Å². The first-order valence-corrected chi connectivity index (χ1v) is 7.33. The molecule has 0 saturated carbocycles.